The number of aromatic amines is 1. The fourth-order valence-electron chi connectivity index (χ4n) is 3.98. The second kappa shape index (κ2) is 8.78. The number of rotatable bonds is 5. The summed E-state index contributed by atoms with van der Waals surface area (Å²) in [5, 5.41) is 2.99. The summed E-state index contributed by atoms with van der Waals surface area (Å²) in [7, 11) is 0. The first-order valence-corrected chi connectivity index (χ1v) is 11.0. The molecular weight excluding hydrogens is 426 g/mol. The van der Waals surface area contributed by atoms with E-state index in [4.69, 9.17) is 0 Å². The lowest BCUT2D eigenvalue weighted by Gasteiger charge is -2.15. The van der Waals surface area contributed by atoms with Crippen molar-refractivity contribution in [2.45, 2.75) is 19.9 Å². The smallest absolute Gasteiger partial charge is 0.331 e. The van der Waals surface area contributed by atoms with Crippen molar-refractivity contribution < 1.29 is 4.79 Å². The summed E-state index contributed by atoms with van der Waals surface area (Å²) in [6.07, 6.45) is 4.82. The van der Waals surface area contributed by atoms with Crippen LogP contribution in [0.3, 0.4) is 0 Å². The lowest BCUT2D eigenvalue weighted by atomic mass is 10.00. The summed E-state index contributed by atoms with van der Waals surface area (Å²) >= 11 is 0. The van der Waals surface area contributed by atoms with Crippen molar-refractivity contribution in [1.29, 1.82) is 0 Å². The van der Waals surface area contributed by atoms with Gasteiger partial charge in [-0.05, 0) is 55.3 Å². The van der Waals surface area contributed by atoms with E-state index in [0.717, 1.165) is 27.7 Å². The molecule has 2 heterocycles. The van der Waals surface area contributed by atoms with Crippen molar-refractivity contribution in [3.8, 4) is 16.8 Å². The molecule has 0 aliphatic rings. The third-order valence-electron chi connectivity index (χ3n) is 5.79. The van der Waals surface area contributed by atoms with Crippen molar-refractivity contribution in [2.24, 2.45) is 0 Å². The third kappa shape index (κ3) is 4.11. The zero-order valence-corrected chi connectivity index (χ0v) is 18.8. The molecule has 0 spiro atoms. The SMILES string of the molecule is Cc1ccc(-c2cc(C(=O)N[C@@H](C)c3cnccn3)cc(-n3c(=O)[nH]c4ccccc43)c2)cc1. The first-order chi connectivity index (χ1) is 16.5. The number of H-pyrrole nitrogens is 1. The number of aromatic nitrogens is 4. The zero-order valence-electron chi connectivity index (χ0n) is 18.8. The highest BCUT2D eigenvalue weighted by molar-refractivity contribution is 5.96. The van der Waals surface area contributed by atoms with E-state index in [-0.39, 0.29) is 17.6 Å². The van der Waals surface area contributed by atoms with Gasteiger partial charge in [0.15, 0.2) is 0 Å². The minimum atomic E-state index is -0.330. The normalized spacial score (nSPS) is 11.9. The van der Waals surface area contributed by atoms with Crippen molar-refractivity contribution in [3.63, 3.8) is 0 Å². The molecule has 2 N–H and O–H groups in total. The highest BCUT2D eigenvalue weighted by atomic mass is 16.2. The standard InChI is InChI=1S/C27H23N5O2/c1-17-7-9-19(10-8-17)20-13-21(26(33)30-18(2)24-16-28-11-12-29-24)15-22(14-20)32-25-6-4-3-5-23(25)31-27(32)34/h3-16,18H,1-2H3,(H,30,33)(H,31,34)/t18-/m0/s1. The Morgan fingerprint density at radius 1 is 1.00 bits per heavy atom. The summed E-state index contributed by atoms with van der Waals surface area (Å²) < 4.78 is 1.59. The maximum atomic E-state index is 13.3. The number of nitrogens with one attached hydrogen (secondary N) is 2. The molecule has 7 nitrogen and oxygen atoms in total. The number of para-hydroxylation sites is 2. The maximum Gasteiger partial charge on any atom is 0.331 e. The van der Waals surface area contributed by atoms with Gasteiger partial charge in [-0.15, -0.1) is 0 Å². The highest BCUT2D eigenvalue weighted by Crippen LogP contribution is 2.26. The van der Waals surface area contributed by atoms with E-state index in [1.807, 2.05) is 74.5 Å². The molecule has 0 fully saturated rings. The Morgan fingerprint density at radius 2 is 1.79 bits per heavy atom. The van der Waals surface area contributed by atoms with Crippen LogP contribution in [-0.2, 0) is 0 Å². The van der Waals surface area contributed by atoms with Crippen molar-refractivity contribution in [2.75, 3.05) is 0 Å². The molecule has 168 valence electrons. The summed E-state index contributed by atoms with van der Waals surface area (Å²) in [5.74, 6) is -0.263. The number of fused-ring (bicyclic) bond motifs is 1. The number of amides is 1. The van der Waals surface area contributed by atoms with Crippen molar-refractivity contribution in [1.82, 2.24) is 24.8 Å². The van der Waals surface area contributed by atoms with Crippen LogP contribution in [0.4, 0.5) is 0 Å². The molecule has 0 aliphatic heterocycles. The molecule has 2 aromatic heterocycles. The topological polar surface area (TPSA) is 92.7 Å². The van der Waals surface area contributed by atoms with E-state index in [9.17, 15) is 9.59 Å². The molecule has 5 rings (SSSR count). The van der Waals surface area contributed by atoms with E-state index >= 15 is 0 Å². The molecule has 7 heteroatoms. The summed E-state index contributed by atoms with van der Waals surface area (Å²) in [6, 6.07) is 20.7. The number of imidazole rings is 1. The van der Waals surface area contributed by atoms with Crippen LogP contribution in [0.25, 0.3) is 27.8 Å². The van der Waals surface area contributed by atoms with Gasteiger partial charge in [0.2, 0.25) is 0 Å². The van der Waals surface area contributed by atoms with Gasteiger partial charge in [-0.3, -0.25) is 19.3 Å². The van der Waals surface area contributed by atoms with Gasteiger partial charge in [-0.2, -0.15) is 0 Å². The monoisotopic (exact) mass is 449 g/mol. The van der Waals surface area contributed by atoms with Crippen LogP contribution in [0.15, 0.2) is 90.1 Å². The molecule has 0 saturated carbocycles. The van der Waals surface area contributed by atoms with Crippen LogP contribution in [-0.4, -0.2) is 25.4 Å². The van der Waals surface area contributed by atoms with Crippen LogP contribution >= 0.6 is 0 Å². The Kier molecular flexibility index (Phi) is 5.51. The maximum absolute atomic E-state index is 13.3. The highest BCUT2D eigenvalue weighted by Gasteiger charge is 2.17. The van der Waals surface area contributed by atoms with Gasteiger partial charge in [0, 0.05) is 18.0 Å². The van der Waals surface area contributed by atoms with Crippen molar-refractivity contribution >= 4 is 16.9 Å². The van der Waals surface area contributed by atoms with E-state index in [0.29, 0.717) is 16.9 Å². The average Bonchev–Trinajstić information content (AvgIpc) is 3.20. The third-order valence-corrected chi connectivity index (χ3v) is 5.79. The molecule has 0 saturated heterocycles. The minimum absolute atomic E-state index is 0.262. The Bertz CT molecular complexity index is 1540. The van der Waals surface area contributed by atoms with Gasteiger partial charge in [0.05, 0.1) is 34.7 Å². The number of hydrogen-bond acceptors (Lipinski definition) is 4. The molecule has 0 unspecified atom stereocenters. The van der Waals surface area contributed by atoms with Crippen LogP contribution in [0, 0.1) is 6.92 Å². The Balaban J connectivity index is 1.62. The second-order valence-corrected chi connectivity index (χ2v) is 8.24. The number of carbonyl (C=O) groups excluding carboxylic acids is 1. The van der Waals surface area contributed by atoms with Crippen LogP contribution < -0.4 is 11.0 Å². The molecule has 1 atom stereocenters. The van der Waals surface area contributed by atoms with Crippen molar-refractivity contribution in [3.05, 3.63) is 113 Å². The first-order valence-electron chi connectivity index (χ1n) is 11.0. The summed E-state index contributed by atoms with van der Waals surface area (Å²) in [4.78, 5) is 37.4. The van der Waals surface area contributed by atoms with E-state index < -0.39 is 0 Å². The Labute approximate surface area is 196 Å². The van der Waals surface area contributed by atoms with Gasteiger partial charge in [0.25, 0.3) is 5.91 Å². The largest absolute Gasteiger partial charge is 0.344 e. The van der Waals surface area contributed by atoms with Gasteiger partial charge >= 0.3 is 5.69 Å². The molecule has 0 aliphatic carbocycles. The fourth-order valence-corrected chi connectivity index (χ4v) is 3.98. The summed E-state index contributed by atoms with van der Waals surface area (Å²) in [6.45, 7) is 3.88. The fraction of sp³-hybridized carbons (Fsp3) is 0.111. The van der Waals surface area contributed by atoms with Gasteiger partial charge < -0.3 is 10.3 Å². The average molecular weight is 450 g/mol. The number of benzene rings is 3. The second-order valence-electron chi connectivity index (χ2n) is 8.24. The number of nitrogens with zero attached hydrogens (tertiary/aromatic N) is 3. The van der Waals surface area contributed by atoms with Gasteiger partial charge in [0.1, 0.15) is 0 Å². The first kappa shape index (κ1) is 21.3. The molecule has 3 aromatic carbocycles. The van der Waals surface area contributed by atoms with Gasteiger partial charge in [-0.25, -0.2) is 4.79 Å². The predicted octanol–water partition coefficient (Wildman–Crippen LogP) is 4.58. The molecule has 34 heavy (non-hydrogen) atoms. The molecule has 0 bridgehead atoms. The number of aryl methyl sites for hydroxylation is 1. The minimum Gasteiger partial charge on any atom is -0.344 e. The van der Waals surface area contributed by atoms with E-state index in [1.165, 1.54) is 0 Å². The number of hydrogen-bond donors (Lipinski definition) is 2. The number of carbonyl (C=O) groups is 1. The molecule has 5 aromatic rings. The van der Waals surface area contributed by atoms with Crippen LogP contribution in [0.1, 0.15) is 34.6 Å². The molecule has 1 amide bonds. The Hall–Kier alpha value is -4.52. The van der Waals surface area contributed by atoms with Crippen LogP contribution in [0.5, 0.6) is 0 Å². The van der Waals surface area contributed by atoms with E-state index in [2.05, 4.69) is 20.3 Å². The molecular formula is C27H23N5O2. The van der Waals surface area contributed by atoms with Crippen LogP contribution in [0.2, 0.25) is 0 Å². The lowest BCUT2D eigenvalue weighted by Crippen LogP contribution is -2.27. The van der Waals surface area contributed by atoms with Gasteiger partial charge in [-0.1, -0.05) is 42.0 Å². The Morgan fingerprint density at radius 3 is 2.56 bits per heavy atom. The lowest BCUT2D eigenvalue weighted by molar-refractivity contribution is 0.0939. The zero-order chi connectivity index (χ0) is 23.7. The quantitative estimate of drug-likeness (QED) is 0.411. The van der Waals surface area contributed by atoms with E-state index in [1.54, 1.807) is 29.2 Å². The predicted molar refractivity (Wildman–Crippen MR) is 132 cm³/mol. The molecule has 0 radical (unpaired) electrons. The summed E-state index contributed by atoms with van der Waals surface area (Å²) in [5.41, 5.74) is 5.87.